The predicted octanol–water partition coefficient (Wildman–Crippen LogP) is 2.44. The zero-order valence-corrected chi connectivity index (χ0v) is 10.2. The Bertz CT molecular complexity index is 601. The van der Waals surface area contributed by atoms with Crippen molar-refractivity contribution in [2.24, 2.45) is 0 Å². The number of nitrogens with one attached hydrogen (secondary N) is 2. The van der Waals surface area contributed by atoms with Gasteiger partial charge in [-0.05, 0) is 19.1 Å². The number of anilines is 3. The van der Waals surface area contributed by atoms with Crippen LogP contribution in [-0.2, 0) is 0 Å². The van der Waals surface area contributed by atoms with Crippen LogP contribution < -0.4 is 10.6 Å². The van der Waals surface area contributed by atoms with E-state index in [9.17, 15) is 0 Å². The van der Waals surface area contributed by atoms with Gasteiger partial charge in [-0.3, -0.25) is 0 Å². The first kappa shape index (κ1) is 11.9. The van der Waals surface area contributed by atoms with Gasteiger partial charge in [-0.2, -0.15) is 5.26 Å². The lowest BCUT2D eigenvalue weighted by Crippen LogP contribution is -2.03. The summed E-state index contributed by atoms with van der Waals surface area (Å²) in [6.45, 7) is 1.92. The summed E-state index contributed by atoms with van der Waals surface area (Å²) in [5.41, 5.74) is 2.23. The third kappa shape index (κ3) is 2.23. The Morgan fingerprint density at radius 1 is 1.17 bits per heavy atom. The van der Waals surface area contributed by atoms with Crippen molar-refractivity contribution in [2.75, 3.05) is 17.7 Å². The van der Waals surface area contributed by atoms with E-state index in [-0.39, 0.29) is 0 Å². The van der Waals surface area contributed by atoms with Crippen molar-refractivity contribution < 1.29 is 0 Å². The Morgan fingerprint density at radius 3 is 2.61 bits per heavy atom. The Hall–Kier alpha value is -2.61. The van der Waals surface area contributed by atoms with Crippen LogP contribution in [0.5, 0.6) is 0 Å². The Morgan fingerprint density at radius 2 is 1.89 bits per heavy atom. The second-order valence-corrected chi connectivity index (χ2v) is 3.73. The molecule has 0 radical (unpaired) electrons. The van der Waals surface area contributed by atoms with Crippen LogP contribution in [0.4, 0.5) is 17.3 Å². The van der Waals surface area contributed by atoms with E-state index in [1.54, 1.807) is 6.07 Å². The fourth-order valence-corrected chi connectivity index (χ4v) is 1.65. The lowest BCUT2D eigenvalue weighted by atomic mass is 10.2. The van der Waals surface area contributed by atoms with Crippen molar-refractivity contribution in [1.29, 1.82) is 5.26 Å². The first-order valence-corrected chi connectivity index (χ1v) is 5.51. The molecule has 1 aromatic heterocycles. The first-order valence-electron chi connectivity index (χ1n) is 5.51. The van der Waals surface area contributed by atoms with Crippen LogP contribution >= 0.6 is 0 Å². The van der Waals surface area contributed by atoms with Gasteiger partial charge in [0.05, 0.1) is 11.3 Å². The van der Waals surface area contributed by atoms with E-state index in [0.717, 1.165) is 17.1 Å². The molecular formula is C13H13N5. The van der Waals surface area contributed by atoms with E-state index in [2.05, 4.69) is 26.7 Å². The van der Waals surface area contributed by atoms with Crippen molar-refractivity contribution in [1.82, 2.24) is 9.97 Å². The van der Waals surface area contributed by atoms with Gasteiger partial charge in [-0.15, -0.1) is 0 Å². The van der Waals surface area contributed by atoms with Crippen LogP contribution in [0.25, 0.3) is 0 Å². The van der Waals surface area contributed by atoms with Crippen LogP contribution in [-0.4, -0.2) is 17.0 Å². The minimum atomic E-state index is 0.585. The molecule has 1 heterocycles. The molecular weight excluding hydrogens is 226 g/mol. The van der Waals surface area contributed by atoms with Gasteiger partial charge in [-0.1, -0.05) is 12.1 Å². The molecule has 0 saturated carbocycles. The number of rotatable bonds is 3. The first-order chi connectivity index (χ1) is 8.76. The van der Waals surface area contributed by atoms with Crippen molar-refractivity contribution in [3.05, 3.63) is 41.7 Å². The molecule has 2 aromatic rings. The average Bonchev–Trinajstić information content (AvgIpc) is 2.42. The molecule has 0 aliphatic rings. The Kier molecular flexibility index (Phi) is 3.39. The molecule has 90 valence electrons. The molecule has 0 fully saturated rings. The SMILES string of the molecule is CNc1ncnc(Nc2ccccc2C#N)c1C. The van der Waals surface area contributed by atoms with E-state index in [1.807, 2.05) is 32.2 Å². The molecule has 0 bridgehead atoms. The maximum absolute atomic E-state index is 9.03. The fraction of sp³-hybridized carbons (Fsp3) is 0.154. The fourth-order valence-electron chi connectivity index (χ4n) is 1.65. The minimum Gasteiger partial charge on any atom is -0.373 e. The van der Waals surface area contributed by atoms with E-state index in [1.165, 1.54) is 6.33 Å². The standard InChI is InChI=1S/C13H13N5/c1-9-12(15-2)16-8-17-13(9)18-11-6-4-3-5-10(11)7-14/h3-6,8H,1-2H3,(H2,15,16,17,18). The van der Waals surface area contributed by atoms with E-state index >= 15 is 0 Å². The van der Waals surface area contributed by atoms with Gasteiger partial charge in [0.2, 0.25) is 0 Å². The average molecular weight is 239 g/mol. The zero-order chi connectivity index (χ0) is 13.0. The summed E-state index contributed by atoms with van der Waals surface area (Å²) >= 11 is 0. The van der Waals surface area contributed by atoms with Gasteiger partial charge in [0, 0.05) is 12.6 Å². The Balaban J connectivity index is 2.38. The van der Waals surface area contributed by atoms with Gasteiger partial charge in [0.25, 0.3) is 0 Å². The summed E-state index contributed by atoms with van der Waals surface area (Å²) in [4.78, 5) is 8.30. The molecule has 2 rings (SSSR count). The highest BCUT2D eigenvalue weighted by molar-refractivity contribution is 5.68. The monoisotopic (exact) mass is 239 g/mol. The molecule has 0 aliphatic carbocycles. The normalized spacial score (nSPS) is 9.61. The molecule has 0 amide bonds. The van der Waals surface area contributed by atoms with Crippen molar-refractivity contribution in [3.8, 4) is 6.07 Å². The molecule has 5 heteroatoms. The summed E-state index contributed by atoms with van der Waals surface area (Å²) in [5, 5.41) is 15.2. The smallest absolute Gasteiger partial charge is 0.138 e. The molecule has 0 saturated heterocycles. The predicted molar refractivity (Wildman–Crippen MR) is 70.8 cm³/mol. The molecule has 5 nitrogen and oxygen atoms in total. The number of nitriles is 1. The molecule has 1 aromatic carbocycles. The van der Waals surface area contributed by atoms with Crippen molar-refractivity contribution in [3.63, 3.8) is 0 Å². The quantitative estimate of drug-likeness (QED) is 0.860. The largest absolute Gasteiger partial charge is 0.373 e. The summed E-state index contributed by atoms with van der Waals surface area (Å²) in [6, 6.07) is 9.45. The summed E-state index contributed by atoms with van der Waals surface area (Å²) in [7, 11) is 1.81. The number of hydrogen-bond acceptors (Lipinski definition) is 5. The molecule has 0 spiro atoms. The molecule has 0 aliphatic heterocycles. The van der Waals surface area contributed by atoms with Crippen LogP contribution in [0.3, 0.4) is 0 Å². The minimum absolute atomic E-state index is 0.585. The van der Waals surface area contributed by atoms with Gasteiger partial charge in [0.15, 0.2) is 0 Å². The highest BCUT2D eigenvalue weighted by Gasteiger charge is 2.07. The van der Waals surface area contributed by atoms with Crippen LogP contribution in [0.15, 0.2) is 30.6 Å². The van der Waals surface area contributed by atoms with Gasteiger partial charge in [0.1, 0.15) is 24.0 Å². The molecule has 0 atom stereocenters. The van der Waals surface area contributed by atoms with Crippen LogP contribution in [0.1, 0.15) is 11.1 Å². The third-order valence-corrected chi connectivity index (χ3v) is 2.62. The molecule has 18 heavy (non-hydrogen) atoms. The topological polar surface area (TPSA) is 73.6 Å². The van der Waals surface area contributed by atoms with Gasteiger partial charge < -0.3 is 10.6 Å². The summed E-state index contributed by atoms with van der Waals surface area (Å²) < 4.78 is 0. The lowest BCUT2D eigenvalue weighted by molar-refractivity contribution is 1.12. The second-order valence-electron chi connectivity index (χ2n) is 3.73. The van der Waals surface area contributed by atoms with E-state index < -0.39 is 0 Å². The number of hydrogen-bond donors (Lipinski definition) is 2. The molecule has 0 unspecified atom stereocenters. The van der Waals surface area contributed by atoms with E-state index in [4.69, 9.17) is 5.26 Å². The number of nitrogens with zero attached hydrogens (tertiary/aromatic N) is 3. The zero-order valence-electron chi connectivity index (χ0n) is 10.2. The second kappa shape index (κ2) is 5.15. The highest BCUT2D eigenvalue weighted by atomic mass is 15.1. The summed E-state index contributed by atoms with van der Waals surface area (Å²) in [6.07, 6.45) is 1.48. The van der Waals surface area contributed by atoms with Gasteiger partial charge >= 0.3 is 0 Å². The Labute approximate surface area is 106 Å². The lowest BCUT2D eigenvalue weighted by Gasteiger charge is -2.11. The molecule has 2 N–H and O–H groups in total. The number of para-hydroxylation sites is 1. The van der Waals surface area contributed by atoms with E-state index in [0.29, 0.717) is 11.4 Å². The van der Waals surface area contributed by atoms with Gasteiger partial charge in [-0.25, -0.2) is 9.97 Å². The third-order valence-electron chi connectivity index (χ3n) is 2.62. The number of benzene rings is 1. The maximum Gasteiger partial charge on any atom is 0.138 e. The van der Waals surface area contributed by atoms with Crippen molar-refractivity contribution in [2.45, 2.75) is 6.92 Å². The van der Waals surface area contributed by atoms with Crippen LogP contribution in [0, 0.1) is 18.3 Å². The maximum atomic E-state index is 9.03. The summed E-state index contributed by atoms with van der Waals surface area (Å²) in [5.74, 6) is 1.46. The highest BCUT2D eigenvalue weighted by Crippen LogP contribution is 2.23. The van der Waals surface area contributed by atoms with Crippen LogP contribution in [0.2, 0.25) is 0 Å². The number of aromatic nitrogens is 2. The van der Waals surface area contributed by atoms with Crippen molar-refractivity contribution >= 4 is 17.3 Å².